The molecule has 1 amide bonds. The molecular weight excluding hydrogens is 328 g/mol. The summed E-state index contributed by atoms with van der Waals surface area (Å²) < 4.78 is 0. The van der Waals surface area contributed by atoms with E-state index in [9.17, 15) is 14.9 Å². The van der Waals surface area contributed by atoms with Crippen LogP contribution in [0, 0.1) is 10.1 Å². The molecule has 1 aromatic heterocycles. The van der Waals surface area contributed by atoms with Gasteiger partial charge in [0.05, 0.1) is 21.7 Å². The maximum absolute atomic E-state index is 11.2. The summed E-state index contributed by atoms with van der Waals surface area (Å²) in [4.78, 5) is 29.6. The van der Waals surface area contributed by atoms with Crippen molar-refractivity contribution in [2.75, 3.05) is 0 Å². The number of carbonyl (C=O) groups is 1. The van der Waals surface area contributed by atoms with Gasteiger partial charge in [-0.2, -0.15) is 0 Å². The molecule has 120 valence electrons. The summed E-state index contributed by atoms with van der Waals surface area (Å²) in [5, 5.41) is 11.7. The van der Waals surface area contributed by atoms with Crippen LogP contribution in [0.4, 0.5) is 5.69 Å². The number of hydrogen-bond donors (Lipinski definition) is 2. The molecule has 0 saturated carbocycles. The fourth-order valence-electron chi connectivity index (χ4n) is 2.12. The molecule has 0 aliphatic heterocycles. The van der Waals surface area contributed by atoms with Gasteiger partial charge in [-0.05, 0) is 29.5 Å². The lowest BCUT2D eigenvalue weighted by Crippen LogP contribution is -2.11. The van der Waals surface area contributed by atoms with E-state index in [0.717, 1.165) is 23.0 Å². The Bertz CT molecular complexity index is 909. The molecule has 0 saturated heterocycles. The molecule has 24 heavy (non-hydrogen) atoms. The van der Waals surface area contributed by atoms with Crippen LogP contribution < -0.4 is 5.73 Å². The lowest BCUT2D eigenvalue weighted by atomic mass is 10.2. The number of imidazole rings is 1. The van der Waals surface area contributed by atoms with E-state index in [1.165, 1.54) is 18.2 Å². The van der Waals surface area contributed by atoms with Crippen molar-refractivity contribution in [3.05, 3.63) is 70.4 Å². The van der Waals surface area contributed by atoms with Gasteiger partial charge in [-0.1, -0.05) is 30.3 Å². The average Bonchev–Trinajstić information content (AvgIpc) is 3.04. The third kappa shape index (κ3) is 3.28. The van der Waals surface area contributed by atoms with Crippen LogP contribution in [0.15, 0.2) is 64.8 Å². The molecule has 7 nitrogen and oxygen atoms in total. The highest BCUT2D eigenvalue weighted by molar-refractivity contribution is 7.99. The first-order valence-corrected chi connectivity index (χ1v) is 7.73. The van der Waals surface area contributed by atoms with E-state index in [1.54, 1.807) is 6.20 Å². The number of hydrogen-bond acceptors (Lipinski definition) is 5. The van der Waals surface area contributed by atoms with E-state index in [2.05, 4.69) is 9.97 Å². The lowest BCUT2D eigenvalue weighted by Gasteiger charge is -2.02. The summed E-state index contributed by atoms with van der Waals surface area (Å²) in [5.74, 6) is -0.709. The average molecular weight is 340 g/mol. The Morgan fingerprint density at radius 1 is 1.21 bits per heavy atom. The van der Waals surface area contributed by atoms with Crippen LogP contribution in [0.3, 0.4) is 0 Å². The number of nitrogens with two attached hydrogens (primary N) is 1. The van der Waals surface area contributed by atoms with Crippen LogP contribution in [0.1, 0.15) is 10.4 Å². The van der Waals surface area contributed by atoms with E-state index in [-0.39, 0.29) is 11.3 Å². The van der Waals surface area contributed by atoms with Gasteiger partial charge in [0.1, 0.15) is 0 Å². The molecule has 0 fully saturated rings. The van der Waals surface area contributed by atoms with Crippen LogP contribution in [0.2, 0.25) is 0 Å². The van der Waals surface area contributed by atoms with Crippen LogP contribution in [-0.4, -0.2) is 20.8 Å². The minimum Gasteiger partial charge on any atom is -0.366 e. The number of H-pyrrole nitrogens is 1. The number of rotatable bonds is 5. The minimum atomic E-state index is -0.709. The second kappa shape index (κ2) is 6.55. The fourth-order valence-corrected chi connectivity index (χ4v) is 2.97. The number of nitro benzene ring substituents is 1. The lowest BCUT2D eigenvalue weighted by molar-refractivity contribution is -0.387. The molecule has 1 heterocycles. The Kier molecular flexibility index (Phi) is 4.30. The quantitative estimate of drug-likeness (QED) is 0.546. The maximum atomic E-state index is 11.2. The molecule has 0 spiro atoms. The van der Waals surface area contributed by atoms with Crippen molar-refractivity contribution in [2.24, 2.45) is 5.73 Å². The zero-order valence-corrected chi connectivity index (χ0v) is 13.1. The van der Waals surface area contributed by atoms with Crippen LogP contribution in [-0.2, 0) is 0 Å². The van der Waals surface area contributed by atoms with Gasteiger partial charge in [0.25, 0.3) is 5.69 Å². The summed E-state index contributed by atoms with van der Waals surface area (Å²) in [6.07, 6.45) is 1.67. The highest BCUT2D eigenvalue weighted by Crippen LogP contribution is 2.34. The second-order valence-corrected chi connectivity index (χ2v) is 5.90. The molecule has 8 heteroatoms. The van der Waals surface area contributed by atoms with Gasteiger partial charge >= 0.3 is 0 Å². The number of aromatic amines is 1. The highest BCUT2D eigenvalue weighted by atomic mass is 32.2. The first-order valence-electron chi connectivity index (χ1n) is 6.91. The maximum Gasteiger partial charge on any atom is 0.284 e. The van der Waals surface area contributed by atoms with E-state index >= 15 is 0 Å². The monoisotopic (exact) mass is 340 g/mol. The van der Waals surface area contributed by atoms with Gasteiger partial charge < -0.3 is 10.7 Å². The summed E-state index contributed by atoms with van der Waals surface area (Å²) in [7, 11) is 0. The summed E-state index contributed by atoms with van der Waals surface area (Å²) in [6, 6.07) is 13.7. The Morgan fingerprint density at radius 3 is 2.62 bits per heavy atom. The fraction of sp³-hybridized carbons (Fsp3) is 0. The van der Waals surface area contributed by atoms with Gasteiger partial charge in [0, 0.05) is 11.6 Å². The predicted molar refractivity (Wildman–Crippen MR) is 89.8 cm³/mol. The highest BCUT2D eigenvalue weighted by Gasteiger charge is 2.18. The first-order chi connectivity index (χ1) is 11.5. The van der Waals surface area contributed by atoms with Gasteiger partial charge in [0.2, 0.25) is 5.91 Å². The third-order valence-corrected chi connectivity index (χ3v) is 4.25. The number of nitrogens with one attached hydrogen (secondary N) is 1. The molecule has 3 rings (SSSR count). The predicted octanol–water partition coefficient (Wildman–Crippen LogP) is 3.24. The number of aromatic nitrogens is 2. The standard InChI is InChI=1S/C16H12N4O3S/c17-15(21)11-6-7-14(13(8-11)20(22)23)24-16-18-9-12(19-16)10-4-2-1-3-5-10/h1-9H,(H2,17,21)(H,18,19). The Labute approximate surface area is 141 Å². The van der Waals surface area contributed by atoms with Crippen molar-refractivity contribution in [3.63, 3.8) is 0 Å². The largest absolute Gasteiger partial charge is 0.366 e. The van der Waals surface area contributed by atoms with Gasteiger partial charge in [0.15, 0.2) is 5.16 Å². The number of amides is 1. The normalized spacial score (nSPS) is 10.5. The minimum absolute atomic E-state index is 0.0930. The zero-order valence-electron chi connectivity index (χ0n) is 12.3. The summed E-state index contributed by atoms with van der Waals surface area (Å²) in [6.45, 7) is 0. The SMILES string of the molecule is NC(=O)c1ccc(Sc2ncc(-c3ccccc3)[nH]2)c([N+](=O)[O-])c1. The molecule has 0 radical (unpaired) electrons. The summed E-state index contributed by atoms with van der Waals surface area (Å²) >= 11 is 1.12. The number of nitro groups is 1. The topological polar surface area (TPSA) is 115 Å². The molecule has 3 aromatic rings. The van der Waals surface area contributed by atoms with E-state index < -0.39 is 10.8 Å². The van der Waals surface area contributed by atoms with Crippen molar-refractivity contribution in [3.8, 4) is 11.3 Å². The van der Waals surface area contributed by atoms with Crippen molar-refractivity contribution in [1.29, 1.82) is 0 Å². The van der Waals surface area contributed by atoms with Crippen molar-refractivity contribution in [2.45, 2.75) is 10.1 Å². The van der Waals surface area contributed by atoms with Crippen molar-refractivity contribution in [1.82, 2.24) is 9.97 Å². The van der Waals surface area contributed by atoms with Crippen LogP contribution >= 0.6 is 11.8 Å². The second-order valence-electron chi connectivity index (χ2n) is 4.87. The summed E-state index contributed by atoms with van der Waals surface area (Å²) in [5.41, 5.74) is 6.86. The van der Waals surface area contributed by atoms with Crippen molar-refractivity contribution < 1.29 is 9.72 Å². The van der Waals surface area contributed by atoms with Gasteiger partial charge in [-0.3, -0.25) is 14.9 Å². The van der Waals surface area contributed by atoms with E-state index in [0.29, 0.717) is 10.1 Å². The molecular formula is C16H12N4O3S. The molecule has 0 atom stereocenters. The molecule has 0 bridgehead atoms. The first kappa shape index (κ1) is 15.8. The number of carbonyl (C=O) groups excluding carboxylic acids is 1. The van der Waals surface area contributed by atoms with E-state index in [4.69, 9.17) is 5.73 Å². The van der Waals surface area contributed by atoms with E-state index in [1.807, 2.05) is 30.3 Å². The van der Waals surface area contributed by atoms with Crippen LogP contribution in [0.5, 0.6) is 0 Å². The number of primary amides is 1. The Hall–Kier alpha value is -3.13. The molecule has 0 unspecified atom stereocenters. The Morgan fingerprint density at radius 2 is 1.96 bits per heavy atom. The number of benzene rings is 2. The molecule has 0 aliphatic carbocycles. The van der Waals surface area contributed by atoms with Crippen LogP contribution in [0.25, 0.3) is 11.3 Å². The number of nitrogens with zero attached hydrogens (tertiary/aromatic N) is 2. The Balaban J connectivity index is 1.90. The molecule has 2 aromatic carbocycles. The molecule has 0 aliphatic rings. The smallest absolute Gasteiger partial charge is 0.284 e. The zero-order chi connectivity index (χ0) is 17.1. The molecule has 3 N–H and O–H groups in total. The third-order valence-electron chi connectivity index (χ3n) is 3.28. The van der Waals surface area contributed by atoms with Gasteiger partial charge in [-0.15, -0.1) is 0 Å². The van der Waals surface area contributed by atoms with Gasteiger partial charge in [-0.25, -0.2) is 4.98 Å². The van der Waals surface area contributed by atoms with Crippen molar-refractivity contribution >= 4 is 23.4 Å².